The third-order valence-corrected chi connectivity index (χ3v) is 2.99. The summed E-state index contributed by atoms with van der Waals surface area (Å²) >= 11 is 0. The summed E-state index contributed by atoms with van der Waals surface area (Å²) in [5, 5.41) is 3.28. The van der Waals surface area contributed by atoms with Crippen LogP contribution in [0, 0.1) is 0 Å². The molecule has 104 valence electrons. The molecule has 0 spiro atoms. The number of amides is 1. The summed E-state index contributed by atoms with van der Waals surface area (Å²) in [6, 6.07) is 2.10. The Morgan fingerprint density at radius 2 is 2.00 bits per heavy atom. The molecule has 1 aliphatic rings. The van der Waals surface area contributed by atoms with Crippen LogP contribution in [0.5, 0.6) is 0 Å². The summed E-state index contributed by atoms with van der Waals surface area (Å²) in [5.74, 6) is 0.644. The minimum Gasteiger partial charge on any atom is -0.447 e. The minimum atomic E-state index is -0.218. The maximum atomic E-state index is 11.7. The normalized spacial score (nSPS) is 16.5. The van der Waals surface area contributed by atoms with E-state index < -0.39 is 0 Å². The molecule has 2 heterocycles. The molecule has 19 heavy (non-hydrogen) atoms. The molecule has 6 nitrogen and oxygen atoms in total. The second-order valence-corrected chi connectivity index (χ2v) is 4.91. The van der Waals surface area contributed by atoms with Crippen LogP contribution in [0.1, 0.15) is 26.7 Å². The van der Waals surface area contributed by atoms with Gasteiger partial charge in [0, 0.05) is 31.5 Å². The molecule has 0 unspecified atom stereocenters. The molecule has 1 fully saturated rings. The van der Waals surface area contributed by atoms with Crippen molar-refractivity contribution in [3.8, 4) is 0 Å². The van der Waals surface area contributed by atoms with Crippen LogP contribution >= 0.6 is 0 Å². The lowest BCUT2D eigenvalue weighted by Gasteiger charge is -2.32. The van der Waals surface area contributed by atoms with Crippen LogP contribution in [0.25, 0.3) is 0 Å². The number of hydrogen-bond donors (Lipinski definition) is 1. The lowest BCUT2D eigenvalue weighted by atomic mass is 10.1. The Bertz CT molecular complexity index is 402. The van der Waals surface area contributed by atoms with Crippen molar-refractivity contribution < 1.29 is 9.53 Å². The van der Waals surface area contributed by atoms with Crippen LogP contribution in [-0.2, 0) is 4.74 Å². The fourth-order valence-corrected chi connectivity index (χ4v) is 2.04. The minimum absolute atomic E-state index is 0.0685. The van der Waals surface area contributed by atoms with Crippen molar-refractivity contribution in [2.24, 2.45) is 0 Å². The Morgan fingerprint density at radius 1 is 1.37 bits per heavy atom. The zero-order valence-electron chi connectivity index (χ0n) is 11.4. The second-order valence-electron chi connectivity index (χ2n) is 4.91. The number of ether oxygens (including phenoxy) is 1. The molecule has 0 aromatic carbocycles. The van der Waals surface area contributed by atoms with Crippen LogP contribution in [-0.4, -0.2) is 46.2 Å². The molecule has 0 aliphatic carbocycles. The molecule has 1 aliphatic heterocycles. The molecule has 0 bridgehead atoms. The van der Waals surface area contributed by atoms with Gasteiger partial charge in [0.1, 0.15) is 0 Å². The van der Waals surface area contributed by atoms with Gasteiger partial charge >= 0.3 is 6.09 Å². The molecule has 1 N–H and O–H groups in total. The lowest BCUT2D eigenvalue weighted by Crippen LogP contribution is -2.43. The van der Waals surface area contributed by atoms with Gasteiger partial charge < -0.3 is 15.0 Å². The molecule has 1 amide bonds. The van der Waals surface area contributed by atoms with E-state index in [0.29, 0.717) is 25.1 Å². The Labute approximate surface area is 113 Å². The van der Waals surface area contributed by atoms with Crippen molar-refractivity contribution in [1.29, 1.82) is 0 Å². The van der Waals surface area contributed by atoms with Crippen molar-refractivity contribution in [2.75, 3.05) is 18.4 Å². The zero-order valence-corrected chi connectivity index (χ0v) is 11.4. The summed E-state index contributed by atoms with van der Waals surface area (Å²) < 4.78 is 5.19. The topological polar surface area (TPSA) is 67.3 Å². The third kappa shape index (κ3) is 4.08. The first-order chi connectivity index (χ1) is 9.15. The van der Waals surface area contributed by atoms with E-state index in [0.717, 1.165) is 12.8 Å². The van der Waals surface area contributed by atoms with E-state index in [1.54, 1.807) is 23.4 Å². The molecular formula is C13H20N4O2. The Kier molecular flexibility index (Phi) is 4.54. The van der Waals surface area contributed by atoms with E-state index in [-0.39, 0.29) is 12.2 Å². The van der Waals surface area contributed by atoms with Crippen LogP contribution in [0.15, 0.2) is 18.5 Å². The van der Waals surface area contributed by atoms with Crippen LogP contribution in [0.4, 0.5) is 10.7 Å². The number of rotatable bonds is 3. The molecule has 0 atom stereocenters. The molecule has 1 aromatic rings. The highest BCUT2D eigenvalue weighted by Crippen LogP contribution is 2.15. The number of hydrogen-bond acceptors (Lipinski definition) is 5. The highest BCUT2D eigenvalue weighted by atomic mass is 16.6. The van der Waals surface area contributed by atoms with Crippen molar-refractivity contribution in [2.45, 2.75) is 38.8 Å². The maximum absolute atomic E-state index is 11.7. The largest absolute Gasteiger partial charge is 0.447 e. The summed E-state index contributed by atoms with van der Waals surface area (Å²) in [7, 11) is 0. The van der Waals surface area contributed by atoms with E-state index in [1.165, 1.54) is 0 Å². The van der Waals surface area contributed by atoms with Crippen molar-refractivity contribution >= 4 is 12.0 Å². The van der Waals surface area contributed by atoms with E-state index in [4.69, 9.17) is 4.74 Å². The van der Waals surface area contributed by atoms with Crippen molar-refractivity contribution in [1.82, 2.24) is 14.9 Å². The molecule has 0 saturated carbocycles. The van der Waals surface area contributed by atoms with Crippen LogP contribution < -0.4 is 5.32 Å². The van der Waals surface area contributed by atoms with Gasteiger partial charge in [0.2, 0.25) is 5.95 Å². The number of anilines is 1. The van der Waals surface area contributed by atoms with Gasteiger partial charge in [-0.1, -0.05) is 0 Å². The molecule has 1 saturated heterocycles. The summed E-state index contributed by atoms with van der Waals surface area (Å²) in [6.45, 7) is 5.13. The highest BCUT2D eigenvalue weighted by molar-refractivity contribution is 5.67. The second kappa shape index (κ2) is 6.36. The first-order valence-electron chi connectivity index (χ1n) is 6.64. The predicted molar refractivity (Wildman–Crippen MR) is 71.9 cm³/mol. The number of carbonyl (C=O) groups excluding carboxylic acids is 1. The average Bonchev–Trinajstić information content (AvgIpc) is 2.40. The van der Waals surface area contributed by atoms with E-state index in [1.807, 2.05) is 13.8 Å². The fourth-order valence-electron chi connectivity index (χ4n) is 2.04. The summed E-state index contributed by atoms with van der Waals surface area (Å²) in [6.07, 6.45) is 4.90. The Morgan fingerprint density at radius 3 is 2.58 bits per heavy atom. The van der Waals surface area contributed by atoms with E-state index in [2.05, 4.69) is 15.3 Å². The third-order valence-electron chi connectivity index (χ3n) is 2.99. The van der Waals surface area contributed by atoms with Gasteiger partial charge in [-0.05, 0) is 32.8 Å². The first kappa shape index (κ1) is 13.6. The standard InChI is InChI=1S/C13H20N4O2/c1-10(2)19-13(18)17-8-4-11(5-9-17)16-12-14-6-3-7-15-12/h3,6-7,10-11H,4-5,8-9H2,1-2H3,(H,14,15,16). The highest BCUT2D eigenvalue weighted by Gasteiger charge is 2.24. The van der Waals surface area contributed by atoms with Gasteiger partial charge in [-0.15, -0.1) is 0 Å². The summed E-state index contributed by atoms with van der Waals surface area (Å²) in [4.78, 5) is 21.8. The summed E-state index contributed by atoms with van der Waals surface area (Å²) in [5.41, 5.74) is 0. The molecule has 6 heteroatoms. The lowest BCUT2D eigenvalue weighted by molar-refractivity contribution is 0.0701. The first-order valence-corrected chi connectivity index (χ1v) is 6.64. The van der Waals surface area contributed by atoms with Gasteiger partial charge in [-0.2, -0.15) is 0 Å². The molecule has 0 radical (unpaired) electrons. The molecule has 2 rings (SSSR count). The van der Waals surface area contributed by atoms with E-state index >= 15 is 0 Å². The van der Waals surface area contributed by atoms with Gasteiger partial charge in [-0.3, -0.25) is 0 Å². The van der Waals surface area contributed by atoms with Gasteiger partial charge in [-0.25, -0.2) is 14.8 Å². The fraction of sp³-hybridized carbons (Fsp3) is 0.615. The van der Waals surface area contributed by atoms with Gasteiger partial charge in [0.05, 0.1) is 6.10 Å². The van der Waals surface area contributed by atoms with Crippen molar-refractivity contribution in [3.63, 3.8) is 0 Å². The van der Waals surface area contributed by atoms with Crippen molar-refractivity contribution in [3.05, 3.63) is 18.5 Å². The monoisotopic (exact) mass is 264 g/mol. The predicted octanol–water partition coefficient (Wildman–Crippen LogP) is 1.90. The Hall–Kier alpha value is -1.85. The number of likely N-dealkylation sites (tertiary alicyclic amines) is 1. The molecule has 1 aromatic heterocycles. The van der Waals surface area contributed by atoms with E-state index in [9.17, 15) is 4.79 Å². The quantitative estimate of drug-likeness (QED) is 0.903. The number of aromatic nitrogens is 2. The number of piperidine rings is 1. The number of nitrogens with zero attached hydrogens (tertiary/aromatic N) is 3. The smallest absolute Gasteiger partial charge is 0.410 e. The van der Waals surface area contributed by atoms with Gasteiger partial charge in [0.15, 0.2) is 0 Å². The molecular weight excluding hydrogens is 244 g/mol. The van der Waals surface area contributed by atoms with Crippen LogP contribution in [0.2, 0.25) is 0 Å². The number of nitrogens with one attached hydrogen (secondary N) is 1. The maximum Gasteiger partial charge on any atom is 0.410 e. The SMILES string of the molecule is CC(C)OC(=O)N1CCC(Nc2ncccn2)CC1. The van der Waals surface area contributed by atoms with Gasteiger partial charge in [0.25, 0.3) is 0 Å². The zero-order chi connectivity index (χ0) is 13.7. The van der Waals surface area contributed by atoms with Crippen LogP contribution in [0.3, 0.4) is 0 Å². The number of carbonyl (C=O) groups is 1. The Balaban J connectivity index is 1.78. The average molecular weight is 264 g/mol.